The molecule has 0 saturated heterocycles. The average Bonchev–Trinajstić information content (AvgIpc) is 2.54. The van der Waals surface area contributed by atoms with Crippen LogP contribution < -0.4 is 10.5 Å². The van der Waals surface area contributed by atoms with Crippen molar-refractivity contribution < 1.29 is 13.2 Å². The minimum Gasteiger partial charge on any atom is -0.496 e. The van der Waals surface area contributed by atoms with Crippen LogP contribution in [0.4, 0.5) is 5.69 Å². The fraction of sp³-hybridized carbons (Fsp3) is 0.167. The van der Waals surface area contributed by atoms with Gasteiger partial charge in [0, 0.05) is 22.9 Å². The van der Waals surface area contributed by atoms with Crippen LogP contribution in [0.1, 0.15) is 5.56 Å². The Hall–Kier alpha value is -2.60. The van der Waals surface area contributed by atoms with Crippen LogP contribution in [-0.2, 0) is 9.84 Å². The molecule has 0 spiro atoms. The molecular formula is C18H18N2O3S. The van der Waals surface area contributed by atoms with Crippen LogP contribution in [0.3, 0.4) is 0 Å². The quantitative estimate of drug-likeness (QED) is 0.790. The van der Waals surface area contributed by atoms with Crippen molar-refractivity contribution in [2.75, 3.05) is 19.1 Å². The van der Waals surface area contributed by atoms with Crippen molar-refractivity contribution in [1.29, 1.82) is 0 Å². The van der Waals surface area contributed by atoms with Crippen LogP contribution >= 0.6 is 0 Å². The van der Waals surface area contributed by atoms with E-state index in [9.17, 15) is 8.42 Å². The number of aromatic nitrogens is 1. The summed E-state index contributed by atoms with van der Waals surface area (Å²) >= 11 is 0. The Balaban J connectivity index is 2.18. The summed E-state index contributed by atoms with van der Waals surface area (Å²) in [6, 6.07) is 12.4. The van der Waals surface area contributed by atoms with Gasteiger partial charge >= 0.3 is 0 Å². The molecule has 0 atom stereocenters. The van der Waals surface area contributed by atoms with E-state index in [1.165, 1.54) is 6.26 Å². The molecule has 0 fully saturated rings. The Kier molecular flexibility index (Phi) is 3.93. The number of anilines is 1. The minimum absolute atomic E-state index is 0.230. The number of nitrogens with zero attached hydrogens (tertiary/aromatic N) is 1. The first-order chi connectivity index (χ1) is 11.3. The number of benzene rings is 2. The lowest BCUT2D eigenvalue weighted by molar-refractivity contribution is 0.412. The molecule has 0 aliphatic heterocycles. The van der Waals surface area contributed by atoms with Gasteiger partial charge < -0.3 is 10.5 Å². The number of hydrogen-bond acceptors (Lipinski definition) is 5. The van der Waals surface area contributed by atoms with E-state index < -0.39 is 9.84 Å². The third-order valence-corrected chi connectivity index (χ3v) is 5.05. The SMILES string of the molecule is COc1cc(-c2cc(N)c3cc(S(C)(=O)=O)ccc3n2)ccc1C. The zero-order valence-electron chi connectivity index (χ0n) is 13.7. The van der Waals surface area contributed by atoms with E-state index in [4.69, 9.17) is 10.5 Å². The summed E-state index contributed by atoms with van der Waals surface area (Å²) in [7, 11) is -1.66. The van der Waals surface area contributed by atoms with Crippen LogP contribution in [0.2, 0.25) is 0 Å². The Morgan fingerprint density at radius 1 is 1.08 bits per heavy atom. The van der Waals surface area contributed by atoms with E-state index in [2.05, 4.69) is 4.98 Å². The second kappa shape index (κ2) is 5.79. The Labute approximate surface area is 141 Å². The van der Waals surface area contributed by atoms with Crippen molar-refractivity contribution in [3.63, 3.8) is 0 Å². The van der Waals surface area contributed by atoms with E-state index in [0.717, 1.165) is 16.9 Å². The molecule has 2 N–H and O–H groups in total. The highest BCUT2D eigenvalue weighted by atomic mass is 32.2. The van der Waals surface area contributed by atoms with Gasteiger partial charge in [0.15, 0.2) is 9.84 Å². The molecule has 1 aromatic heterocycles. The molecule has 0 aliphatic rings. The van der Waals surface area contributed by atoms with Crippen LogP contribution in [0.25, 0.3) is 22.2 Å². The third kappa shape index (κ3) is 2.92. The van der Waals surface area contributed by atoms with Crippen molar-refractivity contribution in [2.45, 2.75) is 11.8 Å². The van der Waals surface area contributed by atoms with Gasteiger partial charge in [-0.05, 0) is 42.8 Å². The van der Waals surface area contributed by atoms with Gasteiger partial charge in [0.1, 0.15) is 5.75 Å². The van der Waals surface area contributed by atoms with Gasteiger partial charge in [0.05, 0.1) is 23.2 Å². The van der Waals surface area contributed by atoms with Gasteiger partial charge in [0.25, 0.3) is 0 Å². The highest BCUT2D eigenvalue weighted by Gasteiger charge is 2.12. The number of rotatable bonds is 3. The van der Waals surface area contributed by atoms with Crippen molar-refractivity contribution in [3.05, 3.63) is 48.0 Å². The molecule has 0 saturated carbocycles. The second-order valence-electron chi connectivity index (χ2n) is 5.73. The largest absolute Gasteiger partial charge is 0.496 e. The summed E-state index contributed by atoms with van der Waals surface area (Å²) in [6.07, 6.45) is 1.17. The first-order valence-electron chi connectivity index (χ1n) is 7.35. The summed E-state index contributed by atoms with van der Waals surface area (Å²) in [6.45, 7) is 1.97. The molecule has 0 aliphatic carbocycles. The molecule has 124 valence electrons. The van der Waals surface area contributed by atoms with E-state index in [1.54, 1.807) is 31.4 Å². The van der Waals surface area contributed by atoms with Gasteiger partial charge in [-0.25, -0.2) is 13.4 Å². The summed E-state index contributed by atoms with van der Waals surface area (Å²) in [4.78, 5) is 4.83. The Morgan fingerprint density at radius 2 is 1.83 bits per heavy atom. The zero-order valence-corrected chi connectivity index (χ0v) is 14.5. The first kappa shape index (κ1) is 16.3. The summed E-state index contributed by atoms with van der Waals surface area (Å²) in [5.74, 6) is 0.778. The second-order valence-corrected chi connectivity index (χ2v) is 7.75. The van der Waals surface area contributed by atoms with Gasteiger partial charge in [-0.3, -0.25) is 0 Å². The van der Waals surface area contributed by atoms with Gasteiger partial charge in [-0.2, -0.15) is 0 Å². The fourth-order valence-electron chi connectivity index (χ4n) is 2.59. The average molecular weight is 342 g/mol. The third-order valence-electron chi connectivity index (χ3n) is 3.94. The lowest BCUT2D eigenvalue weighted by atomic mass is 10.1. The number of methoxy groups -OCH3 is 1. The maximum atomic E-state index is 11.7. The molecule has 0 amide bonds. The van der Waals surface area contributed by atoms with E-state index in [0.29, 0.717) is 22.3 Å². The molecule has 0 unspecified atom stereocenters. The number of nitrogens with two attached hydrogens (primary N) is 1. The van der Waals surface area contributed by atoms with E-state index in [-0.39, 0.29) is 4.90 Å². The molecular weight excluding hydrogens is 324 g/mol. The van der Waals surface area contributed by atoms with Crippen LogP contribution in [0, 0.1) is 6.92 Å². The smallest absolute Gasteiger partial charge is 0.175 e. The standard InChI is InChI=1S/C18H18N2O3S/c1-11-4-5-12(8-18(11)23-2)17-10-15(19)14-9-13(24(3,21)22)6-7-16(14)20-17/h4-10H,1-3H3,(H2,19,20). The molecule has 2 aromatic carbocycles. The predicted molar refractivity (Wildman–Crippen MR) is 96.0 cm³/mol. The van der Waals surface area contributed by atoms with Crippen molar-refractivity contribution >= 4 is 26.4 Å². The molecule has 3 rings (SSSR count). The molecule has 24 heavy (non-hydrogen) atoms. The highest BCUT2D eigenvalue weighted by molar-refractivity contribution is 7.90. The predicted octanol–water partition coefficient (Wildman–Crippen LogP) is 3.20. The summed E-state index contributed by atoms with van der Waals surface area (Å²) < 4.78 is 28.8. The van der Waals surface area contributed by atoms with Crippen LogP contribution in [0.5, 0.6) is 5.75 Å². The molecule has 0 bridgehead atoms. The van der Waals surface area contributed by atoms with Gasteiger partial charge in [0.2, 0.25) is 0 Å². The van der Waals surface area contributed by atoms with E-state index >= 15 is 0 Å². The molecule has 1 heterocycles. The topological polar surface area (TPSA) is 82.3 Å². The molecule has 6 heteroatoms. The van der Waals surface area contributed by atoms with Crippen molar-refractivity contribution in [3.8, 4) is 17.0 Å². The maximum absolute atomic E-state index is 11.7. The summed E-state index contributed by atoms with van der Waals surface area (Å²) in [5.41, 5.74) is 9.91. The fourth-order valence-corrected chi connectivity index (χ4v) is 3.24. The lowest BCUT2D eigenvalue weighted by Gasteiger charge is -2.10. The van der Waals surface area contributed by atoms with Gasteiger partial charge in [-0.1, -0.05) is 12.1 Å². The first-order valence-corrected chi connectivity index (χ1v) is 9.24. The van der Waals surface area contributed by atoms with Crippen molar-refractivity contribution in [1.82, 2.24) is 4.98 Å². The number of fused-ring (bicyclic) bond motifs is 1. The number of ether oxygens (including phenoxy) is 1. The monoisotopic (exact) mass is 342 g/mol. The number of aryl methyl sites for hydroxylation is 1. The normalized spacial score (nSPS) is 11.6. The lowest BCUT2D eigenvalue weighted by Crippen LogP contribution is -1.99. The zero-order chi connectivity index (χ0) is 17.5. The number of nitrogen functional groups attached to an aromatic ring is 1. The van der Waals surface area contributed by atoms with Crippen LogP contribution in [-0.4, -0.2) is 26.8 Å². The molecule has 5 nitrogen and oxygen atoms in total. The Bertz CT molecular complexity index is 1040. The maximum Gasteiger partial charge on any atom is 0.175 e. The number of sulfone groups is 1. The minimum atomic E-state index is -3.29. The highest BCUT2D eigenvalue weighted by Crippen LogP contribution is 2.30. The summed E-state index contributed by atoms with van der Waals surface area (Å²) in [5, 5.41) is 0.626. The molecule has 0 radical (unpaired) electrons. The van der Waals surface area contributed by atoms with Crippen molar-refractivity contribution in [2.24, 2.45) is 0 Å². The Morgan fingerprint density at radius 3 is 2.50 bits per heavy atom. The van der Waals surface area contributed by atoms with E-state index in [1.807, 2.05) is 25.1 Å². The number of pyridine rings is 1. The number of hydrogen-bond donors (Lipinski definition) is 1. The van der Waals surface area contributed by atoms with Gasteiger partial charge in [-0.15, -0.1) is 0 Å². The molecule has 3 aromatic rings. The van der Waals surface area contributed by atoms with Crippen LogP contribution in [0.15, 0.2) is 47.4 Å².